The lowest BCUT2D eigenvalue weighted by Crippen LogP contribution is -2.62. The first-order valence-corrected chi connectivity index (χ1v) is 23.8. The van der Waals surface area contributed by atoms with Gasteiger partial charge in [-0.2, -0.15) is 0 Å². The Hall–Kier alpha value is -0.336. The molecular formula is C36H63ClO7Si2. The Kier molecular flexibility index (Phi) is 14.3. The molecule has 2 spiro atoms. The van der Waals surface area contributed by atoms with E-state index in [9.17, 15) is 0 Å². The summed E-state index contributed by atoms with van der Waals surface area (Å²) in [5.74, 6) is -1.46. The van der Waals surface area contributed by atoms with Gasteiger partial charge in [-0.1, -0.05) is 78.8 Å². The van der Waals surface area contributed by atoms with E-state index >= 15 is 0 Å². The van der Waals surface area contributed by atoms with Gasteiger partial charge in [0.15, 0.2) is 28.2 Å². The van der Waals surface area contributed by atoms with E-state index in [4.69, 9.17) is 44.1 Å². The van der Waals surface area contributed by atoms with E-state index in [1.165, 1.54) is 5.56 Å². The number of benzene rings is 1. The van der Waals surface area contributed by atoms with Gasteiger partial charge in [0.1, 0.15) is 6.10 Å². The number of ether oxygens (including phenoxy) is 5. The number of rotatable bonds is 17. The molecule has 3 heterocycles. The summed E-state index contributed by atoms with van der Waals surface area (Å²) in [5, 5.41) is -0.313. The molecule has 4 rings (SSSR count). The van der Waals surface area contributed by atoms with Crippen LogP contribution in [0.25, 0.3) is 0 Å². The van der Waals surface area contributed by atoms with Crippen LogP contribution in [-0.2, 0) is 39.1 Å². The molecule has 7 nitrogen and oxygen atoms in total. The lowest BCUT2D eigenvalue weighted by Gasteiger charge is -2.54. The van der Waals surface area contributed by atoms with Crippen LogP contribution < -0.4 is 0 Å². The first-order chi connectivity index (χ1) is 22.1. The molecule has 0 bridgehead atoms. The molecular weight excluding hydrogens is 636 g/mol. The summed E-state index contributed by atoms with van der Waals surface area (Å²) in [7, 11) is -1.99. The molecule has 0 saturated carbocycles. The molecule has 3 aliphatic heterocycles. The van der Waals surface area contributed by atoms with E-state index in [-0.39, 0.29) is 35.7 Å². The molecule has 3 saturated heterocycles. The molecule has 46 heavy (non-hydrogen) atoms. The van der Waals surface area contributed by atoms with Crippen LogP contribution in [0.3, 0.4) is 0 Å². The number of hydrogen-bond acceptors (Lipinski definition) is 7. The Bertz CT molecular complexity index is 1030. The minimum absolute atomic E-state index is 0.0450. The Morgan fingerprint density at radius 1 is 0.848 bits per heavy atom. The standard InChI is InChI=1S/C36H63ClO7Si2/c1-9-45(10-2,11-3)40-27-33-34(37)32(38-8)24-35(41-33)22-20-28(7)36(44-35)25-31(43-46(12-4,13-5)14-6)30(42-36)21-23-39-26-29-18-16-15-17-19-29/h15-19,28,30-34H,9-14,20-27H2,1-8H3/t28-,30-,31-,32+,33+,34-,35+,36+/m0/s1. The second kappa shape index (κ2) is 17.1. The van der Waals surface area contributed by atoms with Gasteiger partial charge >= 0.3 is 0 Å². The second-order valence-corrected chi connectivity index (χ2v) is 24.0. The topological polar surface area (TPSA) is 64.6 Å². The van der Waals surface area contributed by atoms with Gasteiger partial charge in [0, 0.05) is 38.9 Å². The molecule has 3 fully saturated rings. The van der Waals surface area contributed by atoms with Gasteiger partial charge in [0.2, 0.25) is 0 Å². The minimum Gasteiger partial charge on any atom is -0.414 e. The Morgan fingerprint density at radius 3 is 2.11 bits per heavy atom. The van der Waals surface area contributed by atoms with Crippen LogP contribution in [0.2, 0.25) is 36.3 Å². The Labute approximate surface area is 286 Å². The first-order valence-electron chi connectivity index (χ1n) is 18.3. The zero-order valence-corrected chi connectivity index (χ0v) is 32.7. The highest BCUT2D eigenvalue weighted by Gasteiger charge is 2.61. The van der Waals surface area contributed by atoms with Crippen molar-refractivity contribution in [1.82, 2.24) is 0 Å². The van der Waals surface area contributed by atoms with Crippen molar-refractivity contribution < 1.29 is 32.5 Å². The molecule has 10 heteroatoms. The summed E-state index contributed by atoms with van der Waals surface area (Å²) in [6.45, 7) is 17.5. The van der Waals surface area contributed by atoms with Gasteiger partial charge < -0.3 is 32.5 Å². The van der Waals surface area contributed by atoms with E-state index in [1.807, 2.05) is 6.07 Å². The van der Waals surface area contributed by atoms with Crippen molar-refractivity contribution in [1.29, 1.82) is 0 Å². The van der Waals surface area contributed by atoms with E-state index in [0.717, 1.165) is 55.5 Å². The van der Waals surface area contributed by atoms with Gasteiger partial charge in [-0.15, -0.1) is 11.6 Å². The molecule has 1 aromatic rings. The normalized spacial score (nSPS) is 33.7. The molecule has 8 atom stereocenters. The zero-order valence-electron chi connectivity index (χ0n) is 30.0. The summed E-state index contributed by atoms with van der Waals surface area (Å²) >= 11 is 7.04. The van der Waals surface area contributed by atoms with Crippen LogP contribution in [0, 0.1) is 5.92 Å². The Balaban J connectivity index is 1.54. The molecule has 0 amide bonds. The zero-order chi connectivity index (χ0) is 33.4. The first kappa shape index (κ1) is 38.5. The van der Waals surface area contributed by atoms with Crippen molar-refractivity contribution in [3.05, 3.63) is 35.9 Å². The van der Waals surface area contributed by atoms with Crippen molar-refractivity contribution in [2.24, 2.45) is 5.92 Å². The lowest BCUT2D eigenvalue weighted by atomic mass is 9.83. The van der Waals surface area contributed by atoms with Crippen LogP contribution in [0.1, 0.15) is 86.1 Å². The maximum absolute atomic E-state index is 7.22. The summed E-state index contributed by atoms with van der Waals surface area (Å²) in [6.07, 6.45) is 3.03. The van der Waals surface area contributed by atoms with Gasteiger partial charge in [0.25, 0.3) is 0 Å². The van der Waals surface area contributed by atoms with E-state index in [0.29, 0.717) is 32.7 Å². The average molecular weight is 700 g/mol. The number of alkyl halides is 1. The minimum atomic E-state index is -1.91. The fourth-order valence-electron chi connectivity index (χ4n) is 7.87. The van der Waals surface area contributed by atoms with Gasteiger partial charge in [-0.25, -0.2) is 0 Å². The maximum atomic E-state index is 7.22. The monoisotopic (exact) mass is 698 g/mol. The van der Waals surface area contributed by atoms with Crippen LogP contribution >= 0.6 is 11.6 Å². The van der Waals surface area contributed by atoms with E-state index in [1.54, 1.807) is 7.11 Å². The van der Waals surface area contributed by atoms with Crippen LogP contribution in [0.5, 0.6) is 0 Å². The molecule has 0 N–H and O–H groups in total. The van der Waals surface area contributed by atoms with Gasteiger partial charge in [-0.05, 0) is 54.7 Å². The van der Waals surface area contributed by atoms with Gasteiger partial charge in [-0.3, -0.25) is 0 Å². The fourth-order valence-corrected chi connectivity index (χ4v) is 13.7. The molecule has 0 aromatic heterocycles. The predicted octanol–water partition coefficient (Wildman–Crippen LogP) is 9.04. The highest BCUT2D eigenvalue weighted by atomic mass is 35.5. The summed E-state index contributed by atoms with van der Waals surface area (Å²) in [5.41, 5.74) is 1.18. The van der Waals surface area contributed by atoms with Crippen molar-refractivity contribution in [3.8, 4) is 0 Å². The third-order valence-corrected chi connectivity index (χ3v) is 21.6. The lowest BCUT2D eigenvalue weighted by molar-refractivity contribution is -0.414. The SMILES string of the molecule is CC[Si](CC)(CC)OC[C@H]1O[C@@]2(CC[C@H](C)[C@@]3(C[C@H](O[Si](CC)(CC)CC)[C@H](CCOCc4ccccc4)O3)O2)C[C@@H](OC)[C@@H]1Cl. The van der Waals surface area contributed by atoms with E-state index in [2.05, 4.69) is 72.7 Å². The summed E-state index contributed by atoms with van der Waals surface area (Å²) < 4.78 is 47.3. The molecule has 0 unspecified atom stereocenters. The quantitative estimate of drug-likeness (QED) is 0.0914. The highest BCUT2D eigenvalue weighted by Crippen LogP contribution is 2.53. The van der Waals surface area contributed by atoms with Gasteiger partial charge in [0.05, 0.1) is 36.9 Å². The summed E-state index contributed by atoms with van der Waals surface area (Å²) in [4.78, 5) is 0. The van der Waals surface area contributed by atoms with Crippen molar-refractivity contribution in [2.75, 3.05) is 20.3 Å². The smallest absolute Gasteiger partial charge is 0.192 e. The molecule has 0 aliphatic carbocycles. The van der Waals surface area contributed by atoms with Crippen LogP contribution in [0.15, 0.2) is 30.3 Å². The number of methoxy groups -OCH3 is 1. The molecule has 1 aromatic carbocycles. The molecule has 0 radical (unpaired) electrons. The van der Waals surface area contributed by atoms with Crippen molar-refractivity contribution in [3.63, 3.8) is 0 Å². The summed E-state index contributed by atoms with van der Waals surface area (Å²) in [6, 6.07) is 16.9. The number of halogens is 1. The molecule has 3 aliphatic rings. The predicted molar refractivity (Wildman–Crippen MR) is 190 cm³/mol. The molecule has 264 valence electrons. The fraction of sp³-hybridized carbons (Fsp3) is 0.833. The van der Waals surface area contributed by atoms with Crippen LogP contribution in [-0.4, -0.2) is 78.3 Å². The van der Waals surface area contributed by atoms with E-state index < -0.39 is 28.2 Å². The number of hydrogen-bond donors (Lipinski definition) is 0. The largest absolute Gasteiger partial charge is 0.414 e. The highest BCUT2D eigenvalue weighted by molar-refractivity contribution is 6.74. The van der Waals surface area contributed by atoms with Crippen LogP contribution in [0.4, 0.5) is 0 Å². The average Bonchev–Trinajstić information content (AvgIpc) is 3.43. The third kappa shape index (κ3) is 8.68. The third-order valence-electron chi connectivity index (χ3n) is 11.7. The van der Waals surface area contributed by atoms with Crippen molar-refractivity contribution >= 4 is 28.2 Å². The maximum Gasteiger partial charge on any atom is 0.192 e. The Morgan fingerprint density at radius 2 is 1.50 bits per heavy atom. The second-order valence-electron chi connectivity index (χ2n) is 14.0. The van der Waals surface area contributed by atoms with Crippen molar-refractivity contribution in [2.45, 2.75) is 165 Å².